The van der Waals surface area contributed by atoms with E-state index in [0.717, 1.165) is 5.82 Å². The van der Waals surface area contributed by atoms with Gasteiger partial charge in [-0.3, -0.25) is 0 Å². The van der Waals surface area contributed by atoms with E-state index in [1.54, 1.807) is 0 Å². The predicted octanol–water partition coefficient (Wildman–Crippen LogP) is 4.19. The Bertz CT molecular complexity index is 613. The van der Waals surface area contributed by atoms with Crippen LogP contribution in [0.5, 0.6) is 0 Å². The fourth-order valence-corrected chi connectivity index (χ4v) is 2.63. The Morgan fingerprint density at radius 2 is 1.38 bits per heavy atom. The van der Waals surface area contributed by atoms with Gasteiger partial charge in [0.05, 0.1) is 0 Å². The van der Waals surface area contributed by atoms with Crippen molar-refractivity contribution in [3.63, 3.8) is 0 Å². The normalized spacial score (nSPS) is 13.7. The van der Waals surface area contributed by atoms with Gasteiger partial charge in [0.1, 0.15) is 5.82 Å². The van der Waals surface area contributed by atoms with Crippen LogP contribution in [0.15, 0.2) is 78.9 Å². The number of hydrogen-bond acceptors (Lipinski definition) is 2. The molecule has 1 N–H and O–H groups in total. The SMILES string of the molecule is CC(C)N1C=CNC1=C(c1ccccc1)c1ccccc1. The van der Waals surface area contributed by atoms with Crippen LogP contribution in [0.25, 0.3) is 5.57 Å². The van der Waals surface area contributed by atoms with E-state index in [0.29, 0.717) is 6.04 Å². The summed E-state index contributed by atoms with van der Waals surface area (Å²) in [5.41, 5.74) is 3.68. The standard InChI is InChI=1S/C19H20N2/c1-15(2)21-14-13-20-19(21)18(16-9-5-3-6-10-16)17-11-7-4-8-12-17/h3-15,20H,1-2H3. The lowest BCUT2D eigenvalue weighted by Crippen LogP contribution is -2.27. The van der Waals surface area contributed by atoms with Gasteiger partial charge in [0.15, 0.2) is 0 Å². The van der Waals surface area contributed by atoms with Crippen LogP contribution < -0.4 is 5.32 Å². The Kier molecular flexibility index (Phi) is 3.78. The first kappa shape index (κ1) is 13.5. The summed E-state index contributed by atoms with van der Waals surface area (Å²) in [6, 6.07) is 21.5. The first-order valence-electron chi connectivity index (χ1n) is 7.34. The molecular formula is C19H20N2. The molecule has 3 rings (SSSR count). The summed E-state index contributed by atoms with van der Waals surface area (Å²) in [5.74, 6) is 1.14. The molecule has 2 heteroatoms. The zero-order chi connectivity index (χ0) is 14.7. The quantitative estimate of drug-likeness (QED) is 0.904. The Morgan fingerprint density at radius 3 is 1.86 bits per heavy atom. The van der Waals surface area contributed by atoms with Gasteiger partial charge in [-0.15, -0.1) is 0 Å². The third-order valence-electron chi connectivity index (χ3n) is 3.63. The molecule has 21 heavy (non-hydrogen) atoms. The molecule has 0 saturated heterocycles. The van der Waals surface area contributed by atoms with Gasteiger partial charge in [0, 0.05) is 24.0 Å². The van der Waals surface area contributed by atoms with E-state index in [2.05, 4.69) is 90.9 Å². The molecular weight excluding hydrogens is 256 g/mol. The van der Waals surface area contributed by atoms with Crippen molar-refractivity contribution in [2.45, 2.75) is 19.9 Å². The molecule has 0 atom stereocenters. The third-order valence-corrected chi connectivity index (χ3v) is 3.63. The molecule has 0 saturated carbocycles. The molecule has 2 nitrogen and oxygen atoms in total. The van der Waals surface area contributed by atoms with E-state index in [4.69, 9.17) is 0 Å². The van der Waals surface area contributed by atoms with E-state index in [-0.39, 0.29) is 0 Å². The number of nitrogens with one attached hydrogen (secondary N) is 1. The second-order valence-corrected chi connectivity index (χ2v) is 5.42. The van der Waals surface area contributed by atoms with E-state index in [1.807, 2.05) is 6.20 Å². The van der Waals surface area contributed by atoms with Crippen LogP contribution in [0.4, 0.5) is 0 Å². The summed E-state index contributed by atoms with van der Waals surface area (Å²) in [6.07, 6.45) is 4.10. The van der Waals surface area contributed by atoms with Gasteiger partial charge in [0.25, 0.3) is 0 Å². The third kappa shape index (κ3) is 2.70. The Labute approximate surface area is 126 Å². The fourth-order valence-electron chi connectivity index (χ4n) is 2.63. The van der Waals surface area contributed by atoms with Crippen LogP contribution in [0.3, 0.4) is 0 Å². The lowest BCUT2D eigenvalue weighted by Gasteiger charge is -2.25. The first-order chi connectivity index (χ1) is 10.3. The van der Waals surface area contributed by atoms with Crippen LogP contribution in [-0.2, 0) is 0 Å². The molecule has 0 fully saturated rings. The van der Waals surface area contributed by atoms with Gasteiger partial charge in [0.2, 0.25) is 0 Å². The van der Waals surface area contributed by atoms with Crippen molar-refractivity contribution in [3.05, 3.63) is 90.0 Å². The summed E-state index contributed by atoms with van der Waals surface area (Å²) < 4.78 is 0. The number of hydrogen-bond donors (Lipinski definition) is 1. The topological polar surface area (TPSA) is 15.3 Å². The van der Waals surface area contributed by atoms with E-state index >= 15 is 0 Å². The number of rotatable bonds is 3. The maximum absolute atomic E-state index is 3.41. The van der Waals surface area contributed by atoms with Crippen molar-refractivity contribution in [2.24, 2.45) is 0 Å². The van der Waals surface area contributed by atoms with Crippen molar-refractivity contribution in [3.8, 4) is 0 Å². The summed E-state index contributed by atoms with van der Waals surface area (Å²) in [5, 5.41) is 3.41. The molecule has 0 unspecified atom stereocenters. The molecule has 0 bridgehead atoms. The highest BCUT2D eigenvalue weighted by atomic mass is 15.3. The monoisotopic (exact) mass is 276 g/mol. The molecule has 1 aliphatic rings. The molecule has 0 amide bonds. The van der Waals surface area contributed by atoms with E-state index in [9.17, 15) is 0 Å². The summed E-state index contributed by atoms with van der Waals surface area (Å²) in [7, 11) is 0. The predicted molar refractivity (Wildman–Crippen MR) is 88.2 cm³/mol. The number of benzene rings is 2. The molecule has 1 heterocycles. The Hall–Kier alpha value is -2.48. The smallest absolute Gasteiger partial charge is 0.118 e. The zero-order valence-electron chi connectivity index (χ0n) is 12.5. The lowest BCUT2D eigenvalue weighted by molar-refractivity contribution is 0.389. The second-order valence-electron chi connectivity index (χ2n) is 5.42. The summed E-state index contributed by atoms with van der Waals surface area (Å²) >= 11 is 0. The first-order valence-corrected chi connectivity index (χ1v) is 7.34. The maximum Gasteiger partial charge on any atom is 0.118 e. The summed E-state index contributed by atoms with van der Waals surface area (Å²) in [6.45, 7) is 4.40. The number of nitrogens with zero attached hydrogens (tertiary/aromatic N) is 1. The zero-order valence-corrected chi connectivity index (χ0v) is 12.5. The van der Waals surface area contributed by atoms with Gasteiger partial charge in [-0.05, 0) is 25.0 Å². The molecule has 1 aliphatic heterocycles. The highest BCUT2D eigenvalue weighted by Gasteiger charge is 2.20. The molecule has 0 spiro atoms. The highest BCUT2D eigenvalue weighted by Crippen LogP contribution is 2.30. The minimum atomic E-state index is 0.411. The summed E-state index contributed by atoms with van der Waals surface area (Å²) in [4.78, 5) is 2.27. The molecule has 106 valence electrons. The molecule has 2 aromatic rings. The van der Waals surface area contributed by atoms with Gasteiger partial charge >= 0.3 is 0 Å². The van der Waals surface area contributed by atoms with Crippen molar-refractivity contribution < 1.29 is 0 Å². The molecule has 0 aliphatic carbocycles. The Balaban J connectivity index is 2.18. The van der Waals surface area contributed by atoms with Gasteiger partial charge in [-0.25, -0.2) is 0 Å². The van der Waals surface area contributed by atoms with Crippen molar-refractivity contribution in [1.82, 2.24) is 10.2 Å². The molecule has 2 aromatic carbocycles. The van der Waals surface area contributed by atoms with E-state index in [1.165, 1.54) is 16.7 Å². The molecule has 0 radical (unpaired) electrons. The van der Waals surface area contributed by atoms with Gasteiger partial charge in [-0.1, -0.05) is 60.7 Å². The Morgan fingerprint density at radius 1 is 0.857 bits per heavy atom. The minimum absolute atomic E-state index is 0.411. The largest absolute Gasteiger partial charge is 0.346 e. The van der Waals surface area contributed by atoms with Crippen molar-refractivity contribution in [2.75, 3.05) is 0 Å². The molecule has 0 aromatic heterocycles. The van der Waals surface area contributed by atoms with Gasteiger partial charge < -0.3 is 10.2 Å². The highest BCUT2D eigenvalue weighted by molar-refractivity contribution is 5.82. The maximum atomic E-state index is 3.41. The van der Waals surface area contributed by atoms with Crippen molar-refractivity contribution in [1.29, 1.82) is 0 Å². The van der Waals surface area contributed by atoms with Crippen LogP contribution in [0.1, 0.15) is 25.0 Å². The van der Waals surface area contributed by atoms with Crippen LogP contribution in [-0.4, -0.2) is 10.9 Å². The fraction of sp³-hybridized carbons (Fsp3) is 0.158. The van der Waals surface area contributed by atoms with Crippen LogP contribution >= 0.6 is 0 Å². The average molecular weight is 276 g/mol. The van der Waals surface area contributed by atoms with Crippen LogP contribution in [0.2, 0.25) is 0 Å². The average Bonchev–Trinajstić information content (AvgIpc) is 2.99. The lowest BCUT2D eigenvalue weighted by atomic mass is 9.97. The van der Waals surface area contributed by atoms with Crippen molar-refractivity contribution >= 4 is 5.57 Å². The van der Waals surface area contributed by atoms with Crippen LogP contribution in [0, 0.1) is 0 Å². The minimum Gasteiger partial charge on any atom is -0.346 e. The second kappa shape index (κ2) is 5.88. The van der Waals surface area contributed by atoms with E-state index < -0.39 is 0 Å². The van der Waals surface area contributed by atoms with Gasteiger partial charge in [-0.2, -0.15) is 0 Å².